The molecule has 1 fully saturated rings. The normalized spacial score (nSPS) is 22.5. The molecule has 2 rings (SSSR count). The summed E-state index contributed by atoms with van der Waals surface area (Å²) < 4.78 is 0. The first-order chi connectivity index (χ1) is 9.45. The number of anilines is 1. The molecule has 1 aromatic rings. The summed E-state index contributed by atoms with van der Waals surface area (Å²) in [6, 6.07) is 8.27. The van der Waals surface area contributed by atoms with E-state index in [9.17, 15) is 4.79 Å². The van der Waals surface area contributed by atoms with Crippen molar-refractivity contribution in [2.45, 2.75) is 46.1 Å². The maximum Gasteiger partial charge on any atom is 0.228 e. The summed E-state index contributed by atoms with van der Waals surface area (Å²) in [6.07, 6.45) is 3.29. The van der Waals surface area contributed by atoms with Gasteiger partial charge in [-0.25, -0.2) is 0 Å². The van der Waals surface area contributed by atoms with E-state index in [2.05, 4.69) is 37.5 Å². The summed E-state index contributed by atoms with van der Waals surface area (Å²) in [5.41, 5.74) is 2.19. The Labute approximate surface area is 122 Å². The Morgan fingerprint density at radius 1 is 1.35 bits per heavy atom. The zero-order chi connectivity index (χ0) is 14.8. The molecule has 2 N–H and O–H groups in total. The fourth-order valence-electron chi connectivity index (χ4n) is 3.18. The number of benzene rings is 1. The quantitative estimate of drug-likeness (QED) is 0.878. The van der Waals surface area contributed by atoms with Gasteiger partial charge < -0.3 is 10.6 Å². The van der Waals surface area contributed by atoms with E-state index in [0.29, 0.717) is 0 Å². The van der Waals surface area contributed by atoms with Gasteiger partial charge in [0.1, 0.15) is 0 Å². The zero-order valence-electron chi connectivity index (χ0n) is 13.0. The van der Waals surface area contributed by atoms with Gasteiger partial charge in [0.2, 0.25) is 5.91 Å². The van der Waals surface area contributed by atoms with Crippen molar-refractivity contribution in [3.05, 3.63) is 29.8 Å². The van der Waals surface area contributed by atoms with Gasteiger partial charge in [-0.3, -0.25) is 4.79 Å². The van der Waals surface area contributed by atoms with E-state index < -0.39 is 0 Å². The molecule has 0 radical (unpaired) electrons. The summed E-state index contributed by atoms with van der Waals surface area (Å²) in [4.78, 5) is 12.6. The summed E-state index contributed by atoms with van der Waals surface area (Å²) in [7, 11) is 1.93. The minimum absolute atomic E-state index is 0.119. The van der Waals surface area contributed by atoms with Gasteiger partial charge in [-0.2, -0.15) is 0 Å². The Balaban J connectivity index is 2.16. The molecule has 1 aromatic carbocycles. The van der Waals surface area contributed by atoms with Crippen LogP contribution in [0.2, 0.25) is 0 Å². The fraction of sp³-hybridized carbons (Fsp3) is 0.588. The first-order valence-electron chi connectivity index (χ1n) is 7.53. The molecule has 1 aliphatic rings. The van der Waals surface area contributed by atoms with Gasteiger partial charge in [0.25, 0.3) is 0 Å². The first-order valence-corrected chi connectivity index (χ1v) is 7.53. The number of hydrogen-bond acceptors (Lipinski definition) is 2. The Morgan fingerprint density at radius 3 is 2.65 bits per heavy atom. The van der Waals surface area contributed by atoms with Crippen molar-refractivity contribution in [2.24, 2.45) is 11.3 Å². The third-order valence-electron chi connectivity index (χ3n) is 4.69. The van der Waals surface area contributed by atoms with Gasteiger partial charge in [0, 0.05) is 17.6 Å². The second kappa shape index (κ2) is 5.96. The predicted molar refractivity (Wildman–Crippen MR) is 83.7 cm³/mol. The minimum atomic E-state index is 0.119. The maximum absolute atomic E-state index is 12.6. The van der Waals surface area contributed by atoms with Crippen LogP contribution in [0.25, 0.3) is 0 Å². The van der Waals surface area contributed by atoms with Crippen molar-refractivity contribution in [1.29, 1.82) is 0 Å². The van der Waals surface area contributed by atoms with Crippen molar-refractivity contribution in [2.75, 3.05) is 12.4 Å². The van der Waals surface area contributed by atoms with Crippen LogP contribution in [0.3, 0.4) is 0 Å². The molecular formula is C17H26N2O. The molecule has 1 aliphatic carbocycles. The molecule has 20 heavy (non-hydrogen) atoms. The molecule has 110 valence electrons. The lowest BCUT2D eigenvalue weighted by Crippen LogP contribution is -2.31. The second-order valence-electron chi connectivity index (χ2n) is 6.52. The lowest BCUT2D eigenvalue weighted by atomic mass is 9.81. The monoisotopic (exact) mass is 274 g/mol. The number of rotatable bonds is 4. The molecule has 3 heteroatoms. The van der Waals surface area contributed by atoms with Crippen molar-refractivity contribution in [3.8, 4) is 0 Å². The highest BCUT2D eigenvalue weighted by Gasteiger charge is 2.39. The molecule has 2 unspecified atom stereocenters. The van der Waals surface area contributed by atoms with Crippen LogP contribution in [0.1, 0.15) is 51.6 Å². The largest absolute Gasteiger partial charge is 0.326 e. The molecule has 0 aliphatic heterocycles. The third kappa shape index (κ3) is 3.04. The molecule has 3 nitrogen and oxygen atoms in total. The molecule has 0 spiro atoms. The van der Waals surface area contributed by atoms with Gasteiger partial charge in [-0.15, -0.1) is 0 Å². The maximum atomic E-state index is 12.6. The summed E-state index contributed by atoms with van der Waals surface area (Å²) in [5.74, 6) is 0.295. The lowest BCUT2D eigenvalue weighted by molar-refractivity contribution is -0.122. The molecule has 1 amide bonds. The van der Waals surface area contributed by atoms with Gasteiger partial charge >= 0.3 is 0 Å². The van der Waals surface area contributed by atoms with E-state index in [1.807, 2.05) is 25.2 Å². The number of hydrogen-bond donors (Lipinski definition) is 2. The van der Waals surface area contributed by atoms with E-state index in [0.717, 1.165) is 30.5 Å². The highest BCUT2D eigenvalue weighted by atomic mass is 16.1. The standard InChI is InChI=1S/C17H26N2O/c1-12(18-4)13-8-5-6-10-15(13)19-16(20)14-9-7-11-17(14,2)3/h5-6,8,10,12,14,18H,7,9,11H2,1-4H3,(H,19,20). The number of para-hydroxylation sites is 1. The SMILES string of the molecule is CNC(C)c1ccccc1NC(=O)C1CCCC1(C)C. The average Bonchev–Trinajstić information content (AvgIpc) is 2.78. The van der Waals surface area contributed by atoms with Crippen molar-refractivity contribution < 1.29 is 4.79 Å². The molecule has 2 atom stereocenters. The van der Waals surface area contributed by atoms with Crippen molar-refractivity contribution in [3.63, 3.8) is 0 Å². The minimum Gasteiger partial charge on any atom is -0.326 e. The van der Waals surface area contributed by atoms with E-state index in [-0.39, 0.29) is 23.3 Å². The number of nitrogens with one attached hydrogen (secondary N) is 2. The number of carbonyl (C=O) groups is 1. The first kappa shape index (κ1) is 15.0. The number of amides is 1. The zero-order valence-corrected chi connectivity index (χ0v) is 13.0. The van der Waals surface area contributed by atoms with Crippen LogP contribution >= 0.6 is 0 Å². The van der Waals surface area contributed by atoms with Gasteiger partial charge in [0.15, 0.2) is 0 Å². The molecular weight excluding hydrogens is 248 g/mol. The van der Waals surface area contributed by atoms with Crippen molar-refractivity contribution in [1.82, 2.24) is 5.32 Å². The molecule has 0 bridgehead atoms. The highest BCUT2D eigenvalue weighted by Crippen LogP contribution is 2.43. The topological polar surface area (TPSA) is 41.1 Å². The summed E-state index contributed by atoms with van der Waals surface area (Å²) in [6.45, 7) is 6.50. The second-order valence-corrected chi connectivity index (χ2v) is 6.52. The smallest absolute Gasteiger partial charge is 0.228 e. The van der Waals surface area contributed by atoms with Crippen LogP contribution in [0.5, 0.6) is 0 Å². The van der Waals surface area contributed by atoms with Crippen LogP contribution in [-0.4, -0.2) is 13.0 Å². The Kier molecular flexibility index (Phi) is 4.48. The Hall–Kier alpha value is -1.35. The van der Waals surface area contributed by atoms with Crippen LogP contribution < -0.4 is 10.6 Å². The number of carbonyl (C=O) groups excluding carboxylic acids is 1. The van der Waals surface area contributed by atoms with E-state index in [1.165, 1.54) is 0 Å². The van der Waals surface area contributed by atoms with Gasteiger partial charge in [-0.1, -0.05) is 38.5 Å². The summed E-state index contributed by atoms with van der Waals surface area (Å²) >= 11 is 0. The van der Waals surface area contributed by atoms with E-state index in [4.69, 9.17) is 0 Å². The van der Waals surface area contributed by atoms with Gasteiger partial charge in [0.05, 0.1) is 0 Å². The van der Waals surface area contributed by atoms with Crippen LogP contribution in [0.15, 0.2) is 24.3 Å². The molecule has 0 heterocycles. The van der Waals surface area contributed by atoms with Crippen LogP contribution in [0, 0.1) is 11.3 Å². The van der Waals surface area contributed by atoms with Gasteiger partial charge in [-0.05, 0) is 43.9 Å². The Morgan fingerprint density at radius 2 is 2.05 bits per heavy atom. The lowest BCUT2D eigenvalue weighted by Gasteiger charge is -2.26. The Bertz CT molecular complexity index is 482. The van der Waals surface area contributed by atoms with E-state index >= 15 is 0 Å². The van der Waals surface area contributed by atoms with Crippen molar-refractivity contribution >= 4 is 11.6 Å². The third-order valence-corrected chi connectivity index (χ3v) is 4.69. The molecule has 1 saturated carbocycles. The average molecular weight is 274 g/mol. The van der Waals surface area contributed by atoms with Crippen LogP contribution in [-0.2, 0) is 4.79 Å². The predicted octanol–water partition coefficient (Wildman–Crippen LogP) is 3.73. The van der Waals surface area contributed by atoms with E-state index in [1.54, 1.807) is 0 Å². The molecule has 0 aromatic heterocycles. The molecule has 0 saturated heterocycles. The highest BCUT2D eigenvalue weighted by molar-refractivity contribution is 5.94. The van der Waals surface area contributed by atoms with Crippen LogP contribution in [0.4, 0.5) is 5.69 Å². The fourth-order valence-corrected chi connectivity index (χ4v) is 3.18. The summed E-state index contributed by atoms with van der Waals surface area (Å²) in [5, 5.41) is 6.37.